The highest BCUT2D eigenvalue weighted by Gasteiger charge is 1.95. The van der Waals surface area contributed by atoms with Crippen molar-refractivity contribution in [2.45, 2.75) is 5.03 Å². The summed E-state index contributed by atoms with van der Waals surface area (Å²) < 4.78 is 0. The van der Waals surface area contributed by atoms with E-state index in [4.69, 9.17) is 11.6 Å². The molecular formula is C5H5ClN2S. The molecule has 4 heteroatoms. The summed E-state index contributed by atoms with van der Waals surface area (Å²) in [5, 5.41) is 1.44. The van der Waals surface area contributed by atoms with E-state index in [0.717, 1.165) is 5.03 Å². The molecule has 1 aromatic rings. The van der Waals surface area contributed by atoms with Crippen molar-refractivity contribution in [3.63, 3.8) is 0 Å². The van der Waals surface area contributed by atoms with Crippen molar-refractivity contribution in [1.29, 1.82) is 0 Å². The van der Waals surface area contributed by atoms with Gasteiger partial charge in [0.05, 0.1) is 11.2 Å². The van der Waals surface area contributed by atoms with Crippen LogP contribution in [0.1, 0.15) is 0 Å². The number of aromatic nitrogens is 2. The van der Waals surface area contributed by atoms with Crippen LogP contribution in [-0.4, -0.2) is 16.2 Å². The largest absolute Gasteiger partial charge is 0.243 e. The van der Waals surface area contributed by atoms with E-state index >= 15 is 0 Å². The Morgan fingerprint density at radius 1 is 1.67 bits per heavy atom. The lowest BCUT2D eigenvalue weighted by Crippen LogP contribution is -1.80. The van der Waals surface area contributed by atoms with Crippen LogP contribution in [0.3, 0.4) is 0 Å². The van der Waals surface area contributed by atoms with Gasteiger partial charge in [-0.1, -0.05) is 11.6 Å². The van der Waals surface area contributed by atoms with Crippen LogP contribution in [0.25, 0.3) is 0 Å². The number of hydrogen-bond acceptors (Lipinski definition) is 3. The van der Waals surface area contributed by atoms with Crippen molar-refractivity contribution < 1.29 is 0 Å². The maximum atomic E-state index is 5.68. The van der Waals surface area contributed by atoms with E-state index in [-0.39, 0.29) is 0 Å². The van der Waals surface area contributed by atoms with Gasteiger partial charge in [-0.05, 0) is 6.26 Å². The molecule has 0 aliphatic heterocycles. The summed E-state index contributed by atoms with van der Waals surface area (Å²) in [4.78, 5) is 7.65. The fourth-order valence-electron chi connectivity index (χ4n) is 0.452. The molecule has 0 aliphatic carbocycles. The zero-order chi connectivity index (χ0) is 6.69. The first-order valence-corrected chi connectivity index (χ1v) is 3.94. The molecule has 0 fully saturated rings. The highest BCUT2D eigenvalue weighted by molar-refractivity contribution is 7.98. The van der Waals surface area contributed by atoms with Crippen LogP contribution >= 0.6 is 23.4 Å². The van der Waals surface area contributed by atoms with E-state index < -0.39 is 0 Å². The standard InChI is InChI=1S/C5H5ClN2S/c1-9-5-4(6)2-7-3-8-5/h2-3H,1H3. The van der Waals surface area contributed by atoms with Crippen LogP contribution in [0.2, 0.25) is 5.02 Å². The van der Waals surface area contributed by atoms with Crippen molar-refractivity contribution in [1.82, 2.24) is 9.97 Å². The highest BCUT2D eigenvalue weighted by Crippen LogP contribution is 2.19. The van der Waals surface area contributed by atoms with Crippen molar-refractivity contribution >= 4 is 23.4 Å². The topological polar surface area (TPSA) is 25.8 Å². The van der Waals surface area contributed by atoms with Crippen LogP contribution in [0.4, 0.5) is 0 Å². The molecule has 1 heterocycles. The Kier molecular flexibility index (Phi) is 2.30. The van der Waals surface area contributed by atoms with Gasteiger partial charge in [0, 0.05) is 0 Å². The second-order valence-electron chi connectivity index (χ2n) is 1.38. The predicted molar refractivity (Wildman–Crippen MR) is 38.8 cm³/mol. The minimum atomic E-state index is 0.616. The van der Waals surface area contributed by atoms with Crippen LogP contribution in [0, 0.1) is 0 Å². The Morgan fingerprint density at radius 2 is 2.44 bits per heavy atom. The van der Waals surface area contributed by atoms with E-state index in [1.807, 2.05) is 6.26 Å². The van der Waals surface area contributed by atoms with Gasteiger partial charge in [0.25, 0.3) is 0 Å². The van der Waals surface area contributed by atoms with Gasteiger partial charge >= 0.3 is 0 Å². The van der Waals surface area contributed by atoms with Crippen molar-refractivity contribution in [3.05, 3.63) is 17.5 Å². The summed E-state index contributed by atoms with van der Waals surface area (Å²) in [6.07, 6.45) is 4.99. The van der Waals surface area contributed by atoms with Gasteiger partial charge in [-0.15, -0.1) is 11.8 Å². The summed E-state index contributed by atoms with van der Waals surface area (Å²) in [6.45, 7) is 0. The molecule has 0 bridgehead atoms. The number of hydrogen-bond donors (Lipinski definition) is 0. The molecule has 0 aromatic carbocycles. The lowest BCUT2D eigenvalue weighted by molar-refractivity contribution is 1.05. The SMILES string of the molecule is CSc1ncncc1Cl. The summed E-state index contributed by atoms with van der Waals surface area (Å²) in [5.74, 6) is 0. The minimum Gasteiger partial charge on any atom is -0.243 e. The number of nitrogens with zero attached hydrogens (tertiary/aromatic N) is 2. The average molecular weight is 161 g/mol. The lowest BCUT2D eigenvalue weighted by Gasteiger charge is -1.93. The van der Waals surface area contributed by atoms with Crippen LogP contribution in [0.5, 0.6) is 0 Å². The van der Waals surface area contributed by atoms with E-state index in [1.165, 1.54) is 18.1 Å². The molecule has 0 atom stereocenters. The Bertz CT molecular complexity index is 204. The Hall–Kier alpha value is -0.280. The lowest BCUT2D eigenvalue weighted by atomic mass is 10.7. The van der Waals surface area contributed by atoms with Crippen molar-refractivity contribution in [2.24, 2.45) is 0 Å². The molecular weight excluding hydrogens is 156 g/mol. The van der Waals surface area contributed by atoms with Crippen LogP contribution in [-0.2, 0) is 0 Å². The van der Waals surface area contributed by atoms with Gasteiger partial charge in [0.15, 0.2) is 0 Å². The smallest absolute Gasteiger partial charge is 0.118 e. The third kappa shape index (κ3) is 1.56. The third-order valence-corrected chi connectivity index (χ3v) is 1.93. The molecule has 0 saturated carbocycles. The quantitative estimate of drug-likeness (QED) is 0.463. The summed E-state index contributed by atoms with van der Waals surface area (Å²) in [6, 6.07) is 0. The molecule has 0 aliphatic rings. The molecule has 1 aromatic heterocycles. The fourth-order valence-corrected chi connectivity index (χ4v) is 1.19. The molecule has 0 spiro atoms. The first kappa shape index (κ1) is 6.83. The van der Waals surface area contributed by atoms with Gasteiger partial charge in [-0.2, -0.15) is 0 Å². The van der Waals surface area contributed by atoms with Crippen molar-refractivity contribution in [3.8, 4) is 0 Å². The number of thioether (sulfide) groups is 1. The monoisotopic (exact) mass is 160 g/mol. The first-order valence-electron chi connectivity index (χ1n) is 2.34. The minimum absolute atomic E-state index is 0.616. The average Bonchev–Trinajstić information content (AvgIpc) is 1.89. The number of halogens is 1. The summed E-state index contributed by atoms with van der Waals surface area (Å²) in [7, 11) is 0. The molecule has 0 N–H and O–H groups in total. The molecule has 2 nitrogen and oxygen atoms in total. The second kappa shape index (κ2) is 3.03. The number of rotatable bonds is 1. The van der Waals surface area contributed by atoms with E-state index in [1.54, 1.807) is 6.20 Å². The summed E-state index contributed by atoms with van der Waals surface area (Å²) >= 11 is 7.19. The Labute approximate surface area is 62.7 Å². The predicted octanol–water partition coefficient (Wildman–Crippen LogP) is 1.85. The maximum absolute atomic E-state index is 5.68. The zero-order valence-electron chi connectivity index (χ0n) is 4.84. The highest BCUT2D eigenvalue weighted by atomic mass is 35.5. The van der Waals surface area contributed by atoms with Gasteiger partial charge < -0.3 is 0 Å². The zero-order valence-corrected chi connectivity index (χ0v) is 6.41. The van der Waals surface area contributed by atoms with Crippen LogP contribution in [0.15, 0.2) is 17.6 Å². The molecule has 0 radical (unpaired) electrons. The fraction of sp³-hybridized carbons (Fsp3) is 0.200. The van der Waals surface area contributed by atoms with Gasteiger partial charge in [-0.25, -0.2) is 9.97 Å². The van der Waals surface area contributed by atoms with E-state index in [9.17, 15) is 0 Å². The van der Waals surface area contributed by atoms with E-state index in [2.05, 4.69) is 9.97 Å². The maximum Gasteiger partial charge on any atom is 0.118 e. The van der Waals surface area contributed by atoms with Crippen molar-refractivity contribution in [2.75, 3.05) is 6.26 Å². The normalized spacial score (nSPS) is 9.56. The first-order chi connectivity index (χ1) is 4.34. The van der Waals surface area contributed by atoms with Gasteiger partial charge in [0.2, 0.25) is 0 Å². The molecule has 9 heavy (non-hydrogen) atoms. The van der Waals surface area contributed by atoms with Gasteiger partial charge in [-0.3, -0.25) is 0 Å². The molecule has 0 saturated heterocycles. The Morgan fingerprint density at radius 3 is 2.89 bits per heavy atom. The molecule has 1 rings (SSSR count). The molecule has 0 amide bonds. The molecule has 0 unspecified atom stereocenters. The summed E-state index contributed by atoms with van der Waals surface area (Å²) in [5.41, 5.74) is 0. The van der Waals surface area contributed by atoms with Crippen LogP contribution < -0.4 is 0 Å². The Balaban J connectivity index is 3.01. The molecule has 48 valence electrons. The third-order valence-electron chi connectivity index (χ3n) is 0.827. The van der Waals surface area contributed by atoms with E-state index in [0.29, 0.717) is 5.02 Å². The van der Waals surface area contributed by atoms with Gasteiger partial charge in [0.1, 0.15) is 11.4 Å². The second-order valence-corrected chi connectivity index (χ2v) is 2.58.